The Kier molecular flexibility index (Phi) is 4.24. The van der Waals surface area contributed by atoms with Crippen LogP contribution in [-0.4, -0.2) is 9.55 Å². The maximum absolute atomic E-state index is 5.82. The molecule has 90 valence electrons. The Morgan fingerprint density at radius 1 is 1.41 bits per heavy atom. The Morgan fingerprint density at radius 2 is 2.24 bits per heavy atom. The maximum atomic E-state index is 5.82. The summed E-state index contributed by atoms with van der Waals surface area (Å²) < 4.78 is 3.16. The van der Waals surface area contributed by atoms with Gasteiger partial charge in [-0.05, 0) is 40.0 Å². The van der Waals surface area contributed by atoms with E-state index in [1.165, 1.54) is 0 Å². The van der Waals surface area contributed by atoms with Crippen molar-refractivity contribution in [2.45, 2.75) is 25.6 Å². The fourth-order valence-corrected chi connectivity index (χ4v) is 2.57. The predicted octanol–water partition coefficient (Wildman–Crippen LogP) is 4.33. The van der Waals surface area contributed by atoms with Crippen LogP contribution >= 0.6 is 27.5 Å². The van der Waals surface area contributed by atoms with Crippen LogP contribution in [0.4, 0.5) is 0 Å². The quantitative estimate of drug-likeness (QED) is 0.768. The summed E-state index contributed by atoms with van der Waals surface area (Å²) in [6.07, 6.45) is 5.91. The molecule has 0 fully saturated rings. The molecule has 0 saturated carbocycles. The minimum atomic E-state index is 0.532. The number of benzene rings is 1. The van der Waals surface area contributed by atoms with Crippen LogP contribution in [0.5, 0.6) is 0 Å². The Bertz CT molecular complexity index is 508. The number of imidazole rings is 1. The summed E-state index contributed by atoms with van der Waals surface area (Å²) in [5, 5.41) is 0. The van der Waals surface area contributed by atoms with E-state index < -0.39 is 0 Å². The molecule has 4 heteroatoms. The molecule has 17 heavy (non-hydrogen) atoms. The molecule has 0 aliphatic heterocycles. The first-order chi connectivity index (χ1) is 8.26. The Morgan fingerprint density at radius 3 is 2.88 bits per heavy atom. The van der Waals surface area contributed by atoms with Crippen LogP contribution in [0.25, 0.3) is 5.69 Å². The molecule has 0 aliphatic rings. The number of halogens is 2. The molecular weight excluding hydrogens is 300 g/mol. The monoisotopic (exact) mass is 312 g/mol. The molecule has 1 aromatic heterocycles. The van der Waals surface area contributed by atoms with Gasteiger partial charge in [-0.2, -0.15) is 0 Å². The second-order valence-corrected chi connectivity index (χ2v) is 5.00. The van der Waals surface area contributed by atoms with Crippen LogP contribution in [0, 0.1) is 0 Å². The number of alkyl halides is 1. The summed E-state index contributed by atoms with van der Waals surface area (Å²) in [7, 11) is 0. The molecular formula is C13H14BrClN2. The van der Waals surface area contributed by atoms with Crippen LogP contribution in [0.3, 0.4) is 0 Å². The molecule has 0 aliphatic carbocycles. The zero-order valence-electron chi connectivity index (χ0n) is 9.66. The highest BCUT2D eigenvalue weighted by molar-refractivity contribution is 9.10. The van der Waals surface area contributed by atoms with Crippen molar-refractivity contribution in [2.75, 3.05) is 0 Å². The second kappa shape index (κ2) is 5.69. The van der Waals surface area contributed by atoms with E-state index in [-0.39, 0.29) is 0 Å². The van der Waals surface area contributed by atoms with Crippen LogP contribution in [-0.2, 0) is 12.3 Å². The Balaban J connectivity index is 2.42. The van der Waals surface area contributed by atoms with Crippen molar-refractivity contribution in [2.24, 2.45) is 0 Å². The molecule has 0 N–H and O–H groups in total. The lowest BCUT2D eigenvalue weighted by Gasteiger charge is -2.10. The summed E-state index contributed by atoms with van der Waals surface area (Å²) in [4.78, 5) is 4.38. The average molecular weight is 314 g/mol. The van der Waals surface area contributed by atoms with Crippen LogP contribution in [0.15, 0.2) is 35.1 Å². The third-order valence-electron chi connectivity index (χ3n) is 2.62. The van der Waals surface area contributed by atoms with E-state index in [4.69, 9.17) is 11.6 Å². The molecule has 0 bridgehead atoms. The van der Waals surface area contributed by atoms with E-state index >= 15 is 0 Å². The van der Waals surface area contributed by atoms with Gasteiger partial charge in [0.1, 0.15) is 5.82 Å². The maximum Gasteiger partial charge on any atom is 0.113 e. The number of aryl methyl sites for hydroxylation is 1. The lowest BCUT2D eigenvalue weighted by molar-refractivity contribution is 0.807. The van der Waals surface area contributed by atoms with E-state index in [1.54, 1.807) is 0 Å². The Hall–Kier alpha value is -0.800. The molecule has 0 saturated heterocycles. The highest BCUT2D eigenvalue weighted by Crippen LogP contribution is 2.24. The average Bonchev–Trinajstić information content (AvgIpc) is 2.77. The van der Waals surface area contributed by atoms with Gasteiger partial charge < -0.3 is 4.57 Å². The van der Waals surface area contributed by atoms with Gasteiger partial charge in [-0.1, -0.05) is 13.0 Å². The standard InChI is InChI=1S/C13H14BrClN2/c1-2-3-13-16-6-7-17(13)12-5-4-10(9-15)8-11(12)14/h4-8H,2-3,9H2,1H3. The van der Waals surface area contributed by atoms with Gasteiger partial charge >= 0.3 is 0 Å². The minimum absolute atomic E-state index is 0.532. The van der Waals surface area contributed by atoms with E-state index in [0.29, 0.717) is 5.88 Å². The van der Waals surface area contributed by atoms with Crippen molar-refractivity contribution in [1.82, 2.24) is 9.55 Å². The van der Waals surface area contributed by atoms with Crippen molar-refractivity contribution >= 4 is 27.5 Å². The zero-order valence-corrected chi connectivity index (χ0v) is 12.0. The number of aromatic nitrogens is 2. The third kappa shape index (κ3) is 2.72. The number of rotatable bonds is 4. The molecule has 1 aromatic carbocycles. The summed E-state index contributed by atoms with van der Waals surface area (Å²) in [5.41, 5.74) is 2.22. The van der Waals surface area contributed by atoms with Gasteiger partial charge in [0.25, 0.3) is 0 Å². The molecule has 2 nitrogen and oxygen atoms in total. The van der Waals surface area contributed by atoms with Gasteiger partial charge in [-0.25, -0.2) is 4.98 Å². The largest absolute Gasteiger partial charge is 0.303 e. The third-order valence-corrected chi connectivity index (χ3v) is 3.56. The predicted molar refractivity (Wildman–Crippen MR) is 74.8 cm³/mol. The zero-order chi connectivity index (χ0) is 12.3. The van der Waals surface area contributed by atoms with Crippen LogP contribution in [0.2, 0.25) is 0 Å². The van der Waals surface area contributed by atoms with E-state index in [0.717, 1.165) is 34.4 Å². The van der Waals surface area contributed by atoms with Crippen molar-refractivity contribution in [3.63, 3.8) is 0 Å². The molecule has 0 spiro atoms. The smallest absolute Gasteiger partial charge is 0.113 e. The summed E-state index contributed by atoms with van der Waals surface area (Å²) >= 11 is 9.40. The summed E-state index contributed by atoms with van der Waals surface area (Å²) in [6.45, 7) is 2.16. The van der Waals surface area contributed by atoms with E-state index in [2.05, 4.69) is 44.5 Å². The summed E-state index contributed by atoms with van der Waals surface area (Å²) in [6, 6.07) is 6.17. The van der Waals surface area contributed by atoms with E-state index in [9.17, 15) is 0 Å². The van der Waals surface area contributed by atoms with Crippen molar-refractivity contribution in [3.8, 4) is 5.69 Å². The SMILES string of the molecule is CCCc1nccn1-c1ccc(CCl)cc1Br. The van der Waals surface area contributed by atoms with Crippen LogP contribution in [0.1, 0.15) is 24.7 Å². The van der Waals surface area contributed by atoms with E-state index in [1.807, 2.05) is 18.5 Å². The van der Waals surface area contributed by atoms with Gasteiger partial charge in [0, 0.05) is 29.2 Å². The molecule has 1 heterocycles. The lowest BCUT2D eigenvalue weighted by atomic mass is 10.2. The highest BCUT2D eigenvalue weighted by atomic mass is 79.9. The second-order valence-electron chi connectivity index (χ2n) is 3.88. The van der Waals surface area contributed by atoms with Gasteiger partial charge in [0.15, 0.2) is 0 Å². The fraction of sp³-hybridized carbons (Fsp3) is 0.308. The molecule has 0 atom stereocenters. The number of hydrogen-bond donors (Lipinski definition) is 0. The van der Waals surface area contributed by atoms with Crippen molar-refractivity contribution < 1.29 is 0 Å². The van der Waals surface area contributed by atoms with Crippen molar-refractivity contribution in [3.05, 3.63) is 46.5 Å². The highest BCUT2D eigenvalue weighted by Gasteiger charge is 2.07. The van der Waals surface area contributed by atoms with Crippen molar-refractivity contribution in [1.29, 1.82) is 0 Å². The molecule has 0 radical (unpaired) electrons. The Labute approximate surface area is 115 Å². The van der Waals surface area contributed by atoms with Crippen LogP contribution < -0.4 is 0 Å². The number of nitrogens with zero attached hydrogens (tertiary/aromatic N) is 2. The van der Waals surface area contributed by atoms with Gasteiger partial charge in [-0.15, -0.1) is 11.6 Å². The molecule has 2 rings (SSSR count). The first-order valence-corrected chi connectivity index (χ1v) is 6.96. The molecule has 0 amide bonds. The lowest BCUT2D eigenvalue weighted by Crippen LogP contribution is -2.01. The summed E-state index contributed by atoms with van der Waals surface area (Å²) in [5.74, 6) is 1.62. The number of hydrogen-bond acceptors (Lipinski definition) is 1. The first-order valence-electron chi connectivity index (χ1n) is 5.63. The van der Waals surface area contributed by atoms with Gasteiger partial charge in [0.05, 0.1) is 5.69 Å². The molecule has 2 aromatic rings. The minimum Gasteiger partial charge on any atom is -0.303 e. The first kappa shape index (κ1) is 12.7. The molecule has 0 unspecified atom stereocenters. The van der Waals surface area contributed by atoms with Gasteiger partial charge in [-0.3, -0.25) is 0 Å². The fourth-order valence-electron chi connectivity index (χ4n) is 1.79. The van der Waals surface area contributed by atoms with Gasteiger partial charge in [0.2, 0.25) is 0 Å². The normalized spacial score (nSPS) is 10.8. The topological polar surface area (TPSA) is 17.8 Å².